The first-order valence-electron chi connectivity index (χ1n) is 30.8. The number of amides is 4. The van der Waals surface area contributed by atoms with Crippen LogP contribution in [0.1, 0.15) is 140 Å². The normalized spacial score (nSPS) is 15.8. The monoisotopic (exact) mass is 1230 g/mol. The van der Waals surface area contributed by atoms with Crippen LogP contribution in [-0.2, 0) is 65.4 Å². The maximum absolute atomic E-state index is 14.1. The van der Waals surface area contributed by atoms with Crippen LogP contribution in [0.4, 0.5) is 0 Å². The van der Waals surface area contributed by atoms with E-state index in [4.69, 9.17) is 42.6 Å². The molecule has 4 aromatic carbocycles. The van der Waals surface area contributed by atoms with Gasteiger partial charge in [0.25, 0.3) is 23.6 Å². The number of methoxy groups -OCH3 is 4. The highest BCUT2D eigenvalue weighted by molar-refractivity contribution is 6.38. The summed E-state index contributed by atoms with van der Waals surface area (Å²) in [5, 5.41) is 5.51. The van der Waals surface area contributed by atoms with Crippen molar-refractivity contribution in [3.05, 3.63) is 107 Å². The highest BCUT2D eigenvalue weighted by Gasteiger charge is 2.43. The fourth-order valence-corrected chi connectivity index (χ4v) is 10.3. The first-order valence-corrected chi connectivity index (χ1v) is 30.8. The minimum absolute atomic E-state index is 0.143. The molecule has 484 valence electrons. The number of ether oxygens (including phenoxy) is 9. The largest absolute Gasteiger partial charge is 0.493 e. The Morgan fingerprint density at radius 3 is 1.28 bits per heavy atom. The standard InChI is InChI=1S/C68H90N4O17/c1-11-67(3,4)61(75)63(77)71-35-15-13-23-51(71)65(79)88-53(29-25-45-27-31-55(81-7)57(39-45)83-9)47-19-17-21-49(41-47)86-43-59(73)69-33-37-85-38-34-70-60(74)44-87-50-22-18-20-48(42-50)54(30-26-46-28-32-56(82-8)58(40-46)84-10)89-66(80)52-24-14-16-36-72(52)64(78)62(76)68(5,6)12-2/h17-22,27-28,31-32,39-42,51-54H,11-16,23-26,29-30,33-38,43-44H2,1-10H3,(H,69,73)(H,70,74)/t51-,52-,53+,54+/m0/s1. The summed E-state index contributed by atoms with van der Waals surface area (Å²) in [6.45, 7) is 11.1. The van der Waals surface area contributed by atoms with Crippen LogP contribution in [0, 0.1) is 10.8 Å². The lowest BCUT2D eigenvalue weighted by atomic mass is 9.84. The van der Waals surface area contributed by atoms with Crippen molar-refractivity contribution in [3.63, 3.8) is 0 Å². The van der Waals surface area contributed by atoms with Crippen LogP contribution >= 0.6 is 0 Å². The van der Waals surface area contributed by atoms with Gasteiger partial charge in [-0.25, -0.2) is 9.59 Å². The van der Waals surface area contributed by atoms with Gasteiger partial charge >= 0.3 is 11.9 Å². The highest BCUT2D eigenvalue weighted by atomic mass is 16.6. The number of carbonyl (C=O) groups is 8. The van der Waals surface area contributed by atoms with Crippen LogP contribution in [0.2, 0.25) is 0 Å². The van der Waals surface area contributed by atoms with E-state index >= 15 is 0 Å². The molecule has 4 atom stereocenters. The molecule has 0 aliphatic carbocycles. The average Bonchev–Trinajstić information content (AvgIpc) is 2.11. The van der Waals surface area contributed by atoms with Crippen LogP contribution in [-0.4, -0.2) is 150 Å². The van der Waals surface area contributed by atoms with Crippen LogP contribution in [0.25, 0.3) is 0 Å². The van der Waals surface area contributed by atoms with Gasteiger partial charge in [-0.1, -0.05) is 77.9 Å². The van der Waals surface area contributed by atoms with E-state index < -0.39 is 82.3 Å². The van der Waals surface area contributed by atoms with Gasteiger partial charge < -0.3 is 63.1 Å². The minimum atomic E-state index is -0.934. The zero-order valence-corrected chi connectivity index (χ0v) is 53.4. The molecule has 0 spiro atoms. The lowest BCUT2D eigenvalue weighted by molar-refractivity contribution is -0.165. The third-order valence-electron chi connectivity index (χ3n) is 16.6. The maximum atomic E-state index is 14.1. The van der Waals surface area contributed by atoms with Gasteiger partial charge in [-0.3, -0.25) is 28.8 Å². The van der Waals surface area contributed by atoms with E-state index in [1.807, 2.05) is 38.1 Å². The van der Waals surface area contributed by atoms with Crippen molar-refractivity contribution in [2.24, 2.45) is 10.8 Å². The predicted octanol–water partition coefficient (Wildman–Crippen LogP) is 8.63. The summed E-state index contributed by atoms with van der Waals surface area (Å²) < 4.78 is 51.8. The number of piperidine rings is 2. The van der Waals surface area contributed by atoms with Crippen molar-refractivity contribution in [2.75, 3.05) is 81.0 Å². The maximum Gasteiger partial charge on any atom is 0.329 e. The molecule has 21 nitrogen and oxygen atoms in total. The van der Waals surface area contributed by atoms with E-state index in [-0.39, 0.29) is 52.6 Å². The quantitative estimate of drug-likeness (QED) is 0.0252. The van der Waals surface area contributed by atoms with Crippen LogP contribution in [0.15, 0.2) is 84.9 Å². The summed E-state index contributed by atoms with van der Waals surface area (Å²) in [5.74, 6) is -1.57. The molecule has 4 aromatic rings. The molecule has 2 aliphatic heterocycles. The zero-order valence-electron chi connectivity index (χ0n) is 53.4. The van der Waals surface area contributed by atoms with Crippen LogP contribution in [0.5, 0.6) is 34.5 Å². The molecule has 0 aromatic heterocycles. The lowest BCUT2D eigenvalue weighted by Crippen LogP contribution is -2.53. The average molecular weight is 1240 g/mol. The molecule has 2 fully saturated rings. The topological polar surface area (TPSA) is 250 Å². The number of aryl methyl sites for hydroxylation is 2. The van der Waals surface area contributed by atoms with Gasteiger partial charge in [0.05, 0.1) is 41.7 Å². The molecule has 2 saturated heterocycles. The van der Waals surface area contributed by atoms with E-state index in [1.165, 1.54) is 9.80 Å². The Hall–Kier alpha value is -8.20. The molecule has 6 rings (SSSR count). The van der Waals surface area contributed by atoms with Crippen molar-refractivity contribution in [1.29, 1.82) is 0 Å². The second kappa shape index (κ2) is 34.0. The van der Waals surface area contributed by atoms with Crippen molar-refractivity contribution in [1.82, 2.24) is 20.4 Å². The predicted molar refractivity (Wildman–Crippen MR) is 331 cm³/mol. The number of esters is 2. The third-order valence-corrected chi connectivity index (χ3v) is 16.6. The number of hydrogen-bond donors (Lipinski definition) is 2. The van der Waals surface area contributed by atoms with Crippen molar-refractivity contribution < 1.29 is 81.0 Å². The fourth-order valence-electron chi connectivity index (χ4n) is 10.3. The van der Waals surface area contributed by atoms with Gasteiger partial charge in [0.2, 0.25) is 11.6 Å². The van der Waals surface area contributed by atoms with Gasteiger partial charge in [-0.15, -0.1) is 0 Å². The number of carbonyl (C=O) groups excluding carboxylic acids is 8. The second-order valence-electron chi connectivity index (χ2n) is 23.5. The Morgan fingerprint density at radius 1 is 0.517 bits per heavy atom. The Morgan fingerprint density at radius 2 is 0.910 bits per heavy atom. The molecule has 2 N–H and O–H groups in total. The van der Waals surface area contributed by atoms with Gasteiger partial charge in [0.15, 0.2) is 36.2 Å². The summed E-state index contributed by atoms with van der Waals surface area (Å²) in [5.41, 5.74) is 1.23. The fraction of sp³-hybridized carbons (Fsp3) is 0.529. The number of nitrogens with one attached hydrogen (secondary N) is 2. The number of rotatable bonds is 34. The first-order chi connectivity index (χ1) is 42.7. The van der Waals surface area contributed by atoms with E-state index in [1.54, 1.807) is 117 Å². The molecule has 2 aliphatic rings. The summed E-state index contributed by atoms with van der Waals surface area (Å²) in [6.07, 6.45) is 4.34. The Kier molecular flexibility index (Phi) is 26.7. The summed E-state index contributed by atoms with van der Waals surface area (Å²) in [4.78, 5) is 111. The molecule has 0 unspecified atom stereocenters. The van der Waals surface area contributed by atoms with Gasteiger partial charge in [0.1, 0.15) is 35.8 Å². The number of ketones is 2. The van der Waals surface area contributed by atoms with E-state index in [9.17, 15) is 38.4 Å². The van der Waals surface area contributed by atoms with E-state index in [0.717, 1.165) is 11.1 Å². The van der Waals surface area contributed by atoms with Crippen molar-refractivity contribution in [2.45, 2.75) is 143 Å². The molecular weight excluding hydrogens is 1140 g/mol. The van der Waals surface area contributed by atoms with E-state index in [0.29, 0.717) is 123 Å². The molecule has 2 heterocycles. The van der Waals surface area contributed by atoms with Crippen LogP contribution < -0.4 is 39.1 Å². The molecule has 4 amide bonds. The second-order valence-corrected chi connectivity index (χ2v) is 23.5. The van der Waals surface area contributed by atoms with Crippen molar-refractivity contribution in [3.8, 4) is 34.5 Å². The Labute approximate surface area is 523 Å². The van der Waals surface area contributed by atoms with Crippen molar-refractivity contribution >= 4 is 47.1 Å². The Bertz CT molecular complexity index is 2870. The Balaban J connectivity index is 0.983. The van der Waals surface area contributed by atoms with Crippen LogP contribution in [0.3, 0.4) is 0 Å². The summed E-state index contributed by atoms with van der Waals surface area (Å²) in [6, 6.07) is 23.1. The number of hydrogen-bond acceptors (Lipinski definition) is 17. The van der Waals surface area contributed by atoms with Gasteiger partial charge in [-0.05, 0) is 148 Å². The molecule has 0 bridgehead atoms. The van der Waals surface area contributed by atoms with Gasteiger partial charge in [-0.2, -0.15) is 0 Å². The zero-order chi connectivity index (χ0) is 64.7. The summed E-state index contributed by atoms with van der Waals surface area (Å²) in [7, 11) is 6.21. The SMILES string of the molecule is CCC(C)(C)C(=O)C(=O)N1CCCC[C@H]1C(=O)O[C@H](CCc1ccc(OC)c(OC)c1)c1cccc(OCC(=O)NCCOCCNC(=O)COc2cccc([C@@H](CCc3ccc(OC)c(OC)c3)OC(=O)[C@@H]3CCCCN3C(=O)C(=O)C(C)(C)CC)c2)c1. The molecular formula is C68H90N4O17. The number of likely N-dealkylation sites (tertiary alicyclic amines) is 2. The van der Waals surface area contributed by atoms with E-state index in [2.05, 4.69) is 10.6 Å². The number of nitrogens with zero attached hydrogens (tertiary/aromatic N) is 2. The minimum Gasteiger partial charge on any atom is -0.493 e. The number of Topliss-reactive ketones (excluding diaryl/α,β-unsaturated/α-hetero) is 2. The molecule has 21 heteroatoms. The van der Waals surface area contributed by atoms with Gasteiger partial charge in [0, 0.05) is 37.0 Å². The number of benzene rings is 4. The molecule has 0 radical (unpaired) electrons. The molecule has 89 heavy (non-hydrogen) atoms. The highest BCUT2D eigenvalue weighted by Crippen LogP contribution is 2.36. The smallest absolute Gasteiger partial charge is 0.329 e. The lowest BCUT2D eigenvalue weighted by Gasteiger charge is -2.36. The third kappa shape index (κ3) is 19.9. The summed E-state index contributed by atoms with van der Waals surface area (Å²) >= 11 is 0. The molecule has 0 saturated carbocycles. The first kappa shape index (κ1) is 69.9.